The van der Waals surface area contributed by atoms with Crippen LogP contribution in [0.3, 0.4) is 0 Å². The normalized spacial score (nSPS) is 10.5. The van der Waals surface area contributed by atoms with Crippen molar-refractivity contribution >= 4 is 23.2 Å². The number of benzene rings is 1. The van der Waals surface area contributed by atoms with E-state index in [-0.39, 0.29) is 6.01 Å². The second-order valence-corrected chi connectivity index (χ2v) is 5.26. The largest absolute Gasteiger partial charge is 0.467 e. The topological polar surface area (TPSA) is 90.1 Å². The molecule has 0 aliphatic heterocycles. The van der Waals surface area contributed by atoms with Crippen molar-refractivity contribution in [2.75, 3.05) is 12.4 Å². The second-order valence-electron chi connectivity index (χ2n) is 4.85. The summed E-state index contributed by atoms with van der Waals surface area (Å²) in [7, 11) is 1.46. The molecule has 122 valence electrons. The summed E-state index contributed by atoms with van der Waals surface area (Å²) in [5.74, 6) is -0.00529. The van der Waals surface area contributed by atoms with E-state index >= 15 is 0 Å². The van der Waals surface area contributed by atoms with Crippen molar-refractivity contribution in [2.45, 2.75) is 6.92 Å². The van der Waals surface area contributed by atoms with E-state index in [0.29, 0.717) is 33.3 Å². The van der Waals surface area contributed by atoms with Crippen LogP contribution in [0.1, 0.15) is 16.1 Å². The lowest BCUT2D eigenvalue weighted by Crippen LogP contribution is -2.14. The van der Waals surface area contributed by atoms with E-state index in [1.54, 1.807) is 25.1 Å². The third-order valence-corrected chi connectivity index (χ3v) is 3.62. The van der Waals surface area contributed by atoms with E-state index in [2.05, 4.69) is 20.4 Å². The maximum atomic E-state index is 12.6. The van der Waals surface area contributed by atoms with Gasteiger partial charge in [-0.05, 0) is 13.0 Å². The average Bonchev–Trinajstić information content (AvgIpc) is 2.97. The number of carbonyl (C=O) groups excluding carboxylic acids is 1. The van der Waals surface area contributed by atoms with Gasteiger partial charge >= 0.3 is 6.01 Å². The molecule has 0 saturated heterocycles. The Kier molecular flexibility index (Phi) is 4.43. The van der Waals surface area contributed by atoms with Crippen LogP contribution in [-0.4, -0.2) is 28.1 Å². The van der Waals surface area contributed by atoms with E-state index in [9.17, 15) is 4.79 Å². The minimum atomic E-state index is -0.391. The summed E-state index contributed by atoms with van der Waals surface area (Å²) >= 11 is 6.19. The zero-order chi connectivity index (χ0) is 17.1. The summed E-state index contributed by atoms with van der Waals surface area (Å²) in [5, 5.41) is 7.15. The lowest BCUT2D eigenvalue weighted by atomic mass is 10.1. The van der Waals surface area contributed by atoms with E-state index in [0.717, 1.165) is 0 Å². The van der Waals surface area contributed by atoms with E-state index in [1.807, 2.05) is 6.07 Å². The number of rotatable bonds is 4. The Bertz CT molecular complexity index is 877. The van der Waals surface area contributed by atoms with Crippen molar-refractivity contribution in [3.63, 3.8) is 0 Å². The van der Waals surface area contributed by atoms with E-state index in [4.69, 9.17) is 20.9 Å². The molecule has 0 aliphatic rings. The van der Waals surface area contributed by atoms with Gasteiger partial charge in [0.1, 0.15) is 17.0 Å². The van der Waals surface area contributed by atoms with Gasteiger partial charge in [-0.2, -0.15) is 0 Å². The van der Waals surface area contributed by atoms with E-state index < -0.39 is 5.91 Å². The fraction of sp³-hybridized carbons (Fsp3) is 0.125. The summed E-state index contributed by atoms with van der Waals surface area (Å²) in [4.78, 5) is 20.5. The predicted octanol–water partition coefficient (Wildman–Crippen LogP) is 3.35. The van der Waals surface area contributed by atoms with Crippen molar-refractivity contribution in [1.29, 1.82) is 0 Å². The number of nitrogens with zero attached hydrogens (tertiary/aromatic N) is 3. The first-order chi connectivity index (χ1) is 11.6. The fourth-order valence-electron chi connectivity index (χ4n) is 2.16. The first-order valence-electron chi connectivity index (χ1n) is 6.98. The molecule has 1 aromatic carbocycles. The van der Waals surface area contributed by atoms with Crippen molar-refractivity contribution in [2.24, 2.45) is 0 Å². The van der Waals surface area contributed by atoms with Crippen LogP contribution < -0.4 is 10.1 Å². The van der Waals surface area contributed by atoms with Crippen LogP contribution in [0.15, 0.2) is 41.2 Å². The highest BCUT2D eigenvalue weighted by atomic mass is 35.5. The Morgan fingerprint density at radius 2 is 1.96 bits per heavy atom. The van der Waals surface area contributed by atoms with Gasteiger partial charge in [0.15, 0.2) is 0 Å². The number of hydrogen-bond donors (Lipinski definition) is 1. The summed E-state index contributed by atoms with van der Waals surface area (Å²) in [6, 6.07) is 7.32. The van der Waals surface area contributed by atoms with Crippen molar-refractivity contribution in [3.05, 3.63) is 53.0 Å². The number of aromatic nitrogens is 3. The molecule has 1 amide bonds. The third-order valence-electron chi connectivity index (χ3n) is 3.29. The van der Waals surface area contributed by atoms with Gasteiger partial charge in [0.2, 0.25) is 0 Å². The number of hydrogen-bond acceptors (Lipinski definition) is 6. The molecular weight excluding hydrogens is 332 g/mol. The smallest absolute Gasteiger partial charge is 0.316 e. The summed E-state index contributed by atoms with van der Waals surface area (Å²) in [6.45, 7) is 1.66. The number of halogens is 1. The van der Waals surface area contributed by atoms with Crippen molar-refractivity contribution in [3.8, 4) is 17.3 Å². The summed E-state index contributed by atoms with van der Waals surface area (Å²) in [5.41, 5.74) is 1.72. The van der Waals surface area contributed by atoms with Gasteiger partial charge in [-0.1, -0.05) is 35.0 Å². The number of amides is 1. The van der Waals surface area contributed by atoms with Gasteiger partial charge in [-0.25, -0.2) is 9.97 Å². The Balaban J connectivity index is 1.93. The van der Waals surface area contributed by atoms with Crippen LogP contribution in [0.2, 0.25) is 5.02 Å². The van der Waals surface area contributed by atoms with Crippen LogP contribution >= 0.6 is 11.6 Å². The van der Waals surface area contributed by atoms with Gasteiger partial charge in [-0.15, -0.1) is 0 Å². The summed E-state index contributed by atoms with van der Waals surface area (Å²) < 4.78 is 10.1. The lowest BCUT2D eigenvalue weighted by Gasteiger charge is -2.06. The molecule has 2 heterocycles. The minimum Gasteiger partial charge on any atom is -0.467 e. The fourth-order valence-corrected chi connectivity index (χ4v) is 2.38. The zero-order valence-corrected chi connectivity index (χ0v) is 13.7. The Morgan fingerprint density at radius 3 is 2.62 bits per heavy atom. The van der Waals surface area contributed by atoms with Crippen LogP contribution in [0.25, 0.3) is 11.3 Å². The van der Waals surface area contributed by atoms with Gasteiger partial charge in [0, 0.05) is 5.56 Å². The van der Waals surface area contributed by atoms with Gasteiger partial charge in [0.05, 0.1) is 30.2 Å². The summed E-state index contributed by atoms with van der Waals surface area (Å²) in [6.07, 6.45) is 2.89. The van der Waals surface area contributed by atoms with Crippen molar-refractivity contribution < 1.29 is 14.1 Å². The van der Waals surface area contributed by atoms with Crippen LogP contribution in [0, 0.1) is 6.92 Å². The molecule has 1 N–H and O–H groups in total. The molecule has 3 rings (SSSR count). The highest BCUT2D eigenvalue weighted by molar-refractivity contribution is 6.33. The molecule has 3 aromatic rings. The molecule has 0 atom stereocenters. The molecule has 24 heavy (non-hydrogen) atoms. The predicted molar refractivity (Wildman–Crippen MR) is 88.2 cm³/mol. The number of aryl methyl sites for hydroxylation is 1. The quantitative estimate of drug-likeness (QED) is 0.780. The monoisotopic (exact) mass is 344 g/mol. The Labute approximate surface area is 142 Å². The number of carbonyl (C=O) groups is 1. The van der Waals surface area contributed by atoms with Gasteiger partial charge in [-0.3, -0.25) is 4.79 Å². The molecule has 7 nitrogen and oxygen atoms in total. The molecule has 0 fully saturated rings. The van der Waals surface area contributed by atoms with Crippen LogP contribution in [0.4, 0.5) is 5.69 Å². The lowest BCUT2D eigenvalue weighted by molar-refractivity contribution is 0.102. The number of ether oxygens (including phenoxy) is 1. The first-order valence-corrected chi connectivity index (χ1v) is 7.36. The van der Waals surface area contributed by atoms with Gasteiger partial charge in [0.25, 0.3) is 5.91 Å². The minimum absolute atomic E-state index is 0.214. The number of anilines is 1. The number of methoxy groups -OCH3 is 1. The molecule has 0 bridgehead atoms. The molecule has 2 aromatic heterocycles. The van der Waals surface area contributed by atoms with Crippen molar-refractivity contribution in [1.82, 2.24) is 15.1 Å². The first kappa shape index (κ1) is 15.9. The molecule has 0 aliphatic carbocycles. The highest BCUT2D eigenvalue weighted by Crippen LogP contribution is 2.31. The zero-order valence-electron chi connectivity index (χ0n) is 12.9. The van der Waals surface area contributed by atoms with Crippen LogP contribution in [0.5, 0.6) is 6.01 Å². The molecular formula is C16H13ClN4O3. The maximum Gasteiger partial charge on any atom is 0.316 e. The van der Waals surface area contributed by atoms with Gasteiger partial charge < -0.3 is 14.6 Å². The second kappa shape index (κ2) is 6.67. The molecule has 0 spiro atoms. The third kappa shape index (κ3) is 3.07. The SMILES string of the molecule is COc1ncc(NC(=O)c2c(-c3ccccc3Cl)noc2C)cn1. The molecule has 0 unspecified atom stereocenters. The highest BCUT2D eigenvalue weighted by Gasteiger charge is 2.23. The molecule has 8 heteroatoms. The molecule has 0 saturated carbocycles. The average molecular weight is 345 g/mol. The standard InChI is InChI=1S/C16H13ClN4O3/c1-9-13(14(21-24-9)11-5-3-4-6-12(11)17)15(22)20-10-7-18-16(23-2)19-8-10/h3-8H,1-2H3,(H,20,22). The van der Waals surface area contributed by atoms with Crippen LogP contribution in [-0.2, 0) is 0 Å². The number of nitrogens with one attached hydrogen (secondary N) is 1. The maximum absolute atomic E-state index is 12.6. The Hall–Kier alpha value is -2.93. The van der Waals surface area contributed by atoms with E-state index in [1.165, 1.54) is 19.5 Å². The molecule has 0 radical (unpaired) electrons. The Morgan fingerprint density at radius 1 is 1.25 bits per heavy atom.